The summed E-state index contributed by atoms with van der Waals surface area (Å²) in [7, 11) is -4.64. The maximum absolute atomic E-state index is 11.4. The minimum atomic E-state index is -4.64. The van der Waals surface area contributed by atoms with Gasteiger partial charge in [-0.25, -0.2) is 19.5 Å². The normalized spacial score (nSPS) is 17.6. The van der Waals surface area contributed by atoms with E-state index >= 15 is 0 Å². The lowest BCUT2D eigenvalue weighted by Gasteiger charge is -2.33. The smallest absolute Gasteiger partial charge is 0.353 e. The Labute approximate surface area is 143 Å². The number of hydrogen-bond acceptors (Lipinski definition) is 6. The monoisotopic (exact) mass is 370 g/mol. The summed E-state index contributed by atoms with van der Waals surface area (Å²) in [5.41, 5.74) is 1.50. The summed E-state index contributed by atoms with van der Waals surface area (Å²) in [5.74, 6) is 0.679. The molecule has 0 spiro atoms. The van der Waals surface area contributed by atoms with Gasteiger partial charge < -0.3 is 29.9 Å². The fraction of sp³-hybridized carbons (Fsp3) is 0.385. The molecule has 2 aromatic heterocycles. The van der Waals surface area contributed by atoms with E-state index in [0.29, 0.717) is 0 Å². The van der Waals surface area contributed by atoms with Crippen LogP contribution in [0, 0.1) is 0 Å². The summed E-state index contributed by atoms with van der Waals surface area (Å²) >= 11 is 0. The first-order chi connectivity index (χ1) is 11.8. The highest BCUT2D eigenvalue weighted by molar-refractivity contribution is 7.45. The molecule has 12 heteroatoms. The van der Waals surface area contributed by atoms with Crippen LogP contribution < -0.4 is 10.2 Å². The molecule has 25 heavy (non-hydrogen) atoms. The lowest BCUT2D eigenvalue weighted by Crippen LogP contribution is -2.47. The Morgan fingerprint density at radius 1 is 1.40 bits per heavy atom. The molecule has 1 aliphatic rings. The Morgan fingerprint density at radius 2 is 2.12 bits per heavy atom. The predicted octanol–water partition coefficient (Wildman–Crippen LogP) is -0.305. The number of phosphoric acid groups is 1. The largest absolute Gasteiger partial charge is 0.466 e. The van der Waals surface area contributed by atoms with Crippen LogP contribution in [0.15, 0.2) is 25.3 Å². The topological polar surface area (TPSA) is 165 Å². The predicted molar refractivity (Wildman–Crippen MR) is 89.5 cm³/mol. The molecule has 136 valence electrons. The summed E-state index contributed by atoms with van der Waals surface area (Å²) in [4.78, 5) is 50.8. The van der Waals surface area contributed by atoms with Crippen LogP contribution in [0.1, 0.15) is 12.8 Å². The van der Waals surface area contributed by atoms with Crippen molar-refractivity contribution in [1.29, 1.82) is 0 Å². The number of fused-ring (bicyclic) bond motifs is 1. The molecule has 0 bridgehead atoms. The third-order valence-corrected chi connectivity index (χ3v) is 3.45. The first kappa shape index (κ1) is 19.0. The van der Waals surface area contributed by atoms with Crippen LogP contribution >= 0.6 is 7.82 Å². The first-order valence-electron chi connectivity index (χ1n) is 7.38. The van der Waals surface area contributed by atoms with E-state index in [1.807, 2.05) is 0 Å². The Morgan fingerprint density at radius 3 is 2.80 bits per heavy atom. The van der Waals surface area contributed by atoms with E-state index in [1.54, 1.807) is 6.33 Å². The van der Waals surface area contributed by atoms with Crippen molar-refractivity contribution in [3.63, 3.8) is 0 Å². The highest BCUT2D eigenvalue weighted by Gasteiger charge is 2.23. The Kier molecular flexibility index (Phi) is 6.21. The minimum Gasteiger partial charge on any atom is -0.353 e. The van der Waals surface area contributed by atoms with Crippen LogP contribution in [0.25, 0.3) is 11.2 Å². The van der Waals surface area contributed by atoms with Gasteiger partial charge in [-0.2, -0.15) is 0 Å². The molecule has 3 heterocycles. The molecule has 5 N–H and O–H groups in total. The number of carbonyl (C=O) groups excluding carboxylic acids is 1. The number of imidazole rings is 1. The molecule has 3 rings (SSSR count). The number of nitrogens with zero attached hydrogens (tertiary/aromatic N) is 4. The number of carbonyl (C=O) groups is 1. The van der Waals surface area contributed by atoms with Gasteiger partial charge in [-0.1, -0.05) is 6.58 Å². The van der Waals surface area contributed by atoms with E-state index in [2.05, 4.69) is 36.7 Å². The molecule has 0 radical (unpaired) electrons. The second kappa shape index (κ2) is 8.17. The molecular weight excluding hydrogens is 351 g/mol. The Bertz CT molecular complexity index is 782. The van der Waals surface area contributed by atoms with Crippen molar-refractivity contribution >= 4 is 30.7 Å². The van der Waals surface area contributed by atoms with Crippen LogP contribution in [0.4, 0.5) is 5.82 Å². The minimum absolute atomic E-state index is 0.109. The van der Waals surface area contributed by atoms with Gasteiger partial charge in [0.1, 0.15) is 11.8 Å². The maximum Gasteiger partial charge on any atom is 0.466 e. The average Bonchev–Trinajstić information content (AvgIpc) is 3.02. The molecule has 1 fully saturated rings. The molecule has 0 unspecified atom stereocenters. The summed E-state index contributed by atoms with van der Waals surface area (Å²) < 4.78 is 8.88. The van der Waals surface area contributed by atoms with E-state index in [1.165, 1.54) is 12.4 Å². The molecule has 1 amide bonds. The van der Waals surface area contributed by atoms with Crippen LogP contribution in [0.5, 0.6) is 0 Å². The molecule has 0 aromatic carbocycles. The van der Waals surface area contributed by atoms with E-state index in [-0.39, 0.29) is 11.9 Å². The van der Waals surface area contributed by atoms with Gasteiger partial charge in [-0.3, -0.25) is 4.79 Å². The summed E-state index contributed by atoms with van der Waals surface area (Å²) in [5, 5.41) is 2.94. The van der Waals surface area contributed by atoms with E-state index in [4.69, 9.17) is 19.2 Å². The Hall–Kier alpha value is -2.33. The third-order valence-electron chi connectivity index (χ3n) is 3.45. The van der Waals surface area contributed by atoms with Crippen LogP contribution in [-0.4, -0.2) is 59.7 Å². The van der Waals surface area contributed by atoms with E-state index < -0.39 is 7.82 Å². The van der Waals surface area contributed by atoms with Gasteiger partial charge in [0.25, 0.3) is 0 Å². The number of aromatic nitrogens is 4. The number of anilines is 1. The van der Waals surface area contributed by atoms with Crippen molar-refractivity contribution < 1.29 is 24.0 Å². The van der Waals surface area contributed by atoms with Gasteiger partial charge in [0, 0.05) is 19.1 Å². The number of amides is 1. The fourth-order valence-electron chi connectivity index (χ4n) is 2.53. The van der Waals surface area contributed by atoms with Gasteiger partial charge in [-0.15, -0.1) is 0 Å². The van der Waals surface area contributed by atoms with Crippen molar-refractivity contribution in [2.24, 2.45) is 0 Å². The second-order valence-electron chi connectivity index (χ2n) is 5.31. The van der Waals surface area contributed by atoms with Crippen LogP contribution in [-0.2, 0) is 9.36 Å². The summed E-state index contributed by atoms with van der Waals surface area (Å²) in [6.07, 6.45) is 6.41. The second-order valence-corrected chi connectivity index (χ2v) is 6.33. The highest BCUT2D eigenvalue weighted by atomic mass is 31.2. The number of aromatic amines is 1. The van der Waals surface area contributed by atoms with Gasteiger partial charge in [0.15, 0.2) is 11.5 Å². The Balaban J connectivity index is 0.000000399. The van der Waals surface area contributed by atoms with Crippen molar-refractivity contribution in [2.75, 3.05) is 18.0 Å². The lowest BCUT2D eigenvalue weighted by molar-refractivity contribution is -0.117. The number of hydrogen-bond donors (Lipinski definition) is 5. The number of H-pyrrole nitrogens is 1. The first-order valence-corrected chi connectivity index (χ1v) is 8.94. The molecule has 11 nitrogen and oxygen atoms in total. The fourth-order valence-corrected chi connectivity index (χ4v) is 2.53. The molecule has 1 atom stereocenters. The average molecular weight is 370 g/mol. The van der Waals surface area contributed by atoms with Crippen molar-refractivity contribution in [3.8, 4) is 0 Å². The summed E-state index contributed by atoms with van der Waals surface area (Å²) in [6, 6.07) is 0.109. The van der Waals surface area contributed by atoms with E-state index in [0.717, 1.165) is 42.9 Å². The van der Waals surface area contributed by atoms with Gasteiger partial charge in [-0.05, 0) is 18.9 Å². The van der Waals surface area contributed by atoms with Gasteiger partial charge in [0.2, 0.25) is 5.91 Å². The molecule has 0 saturated carbocycles. The molecular formula is C13H19N6O5P. The maximum atomic E-state index is 11.4. The zero-order valence-electron chi connectivity index (χ0n) is 13.2. The quantitative estimate of drug-likeness (QED) is 0.360. The van der Waals surface area contributed by atoms with Crippen molar-refractivity contribution in [1.82, 2.24) is 25.3 Å². The van der Waals surface area contributed by atoms with Crippen molar-refractivity contribution in [2.45, 2.75) is 18.9 Å². The molecule has 0 aliphatic carbocycles. The number of nitrogens with one attached hydrogen (secondary N) is 2. The van der Waals surface area contributed by atoms with Gasteiger partial charge >= 0.3 is 7.82 Å². The standard InChI is InChI=1S/C13H16N6O.H3O4P/c1-2-10(20)18-9-4-3-5-19(6-9)13-11-12(15-7-14-11)16-8-17-13;1-5(2,3)4/h2,7-9H,1,3-6H2,(H,18,20)(H,14,15,16,17);(H3,1,2,3,4)/t9-;/m1./s1. The zero-order valence-corrected chi connectivity index (χ0v) is 14.1. The van der Waals surface area contributed by atoms with Crippen LogP contribution in [0.2, 0.25) is 0 Å². The summed E-state index contributed by atoms with van der Waals surface area (Å²) in [6.45, 7) is 5.10. The van der Waals surface area contributed by atoms with E-state index in [9.17, 15) is 4.79 Å². The lowest BCUT2D eigenvalue weighted by atomic mass is 10.1. The highest BCUT2D eigenvalue weighted by Crippen LogP contribution is 2.26. The third kappa shape index (κ3) is 5.91. The molecule has 2 aromatic rings. The molecule has 1 aliphatic heterocycles. The molecule has 1 saturated heterocycles. The number of piperidine rings is 1. The van der Waals surface area contributed by atoms with Crippen molar-refractivity contribution in [3.05, 3.63) is 25.3 Å². The SMILES string of the molecule is C=CC(=O)N[C@@H]1CCCN(c2ncnc3[nH]cnc23)C1.O=P(O)(O)O. The zero-order chi connectivity index (χ0) is 18.4. The number of rotatable bonds is 3. The van der Waals surface area contributed by atoms with Gasteiger partial charge in [0.05, 0.1) is 6.33 Å². The van der Waals surface area contributed by atoms with Crippen LogP contribution in [0.3, 0.4) is 0 Å².